The third-order valence-corrected chi connectivity index (χ3v) is 6.17. The van der Waals surface area contributed by atoms with Crippen LogP contribution >= 0.6 is 11.8 Å². The van der Waals surface area contributed by atoms with Gasteiger partial charge in [0.05, 0.1) is 11.0 Å². The van der Waals surface area contributed by atoms with E-state index in [0.717, 1.165) is 47.3 Å². The molecule has 0 unspecified atom stereocenters. The second-order valence-electron chi connectivity index (χ2n) is 7.17. The molecule has 0 saturated heterocycles. The Kier molecular flexibility index (Phi) is 5.76. The maximum Gasteiger partial charge on any atom is 0.271 e. The molecule has 4 rings (SSSR count). The van der Waals surface area contributed by atoms with E-state index in [2.05, 4.69) is 15.3 Å². The summed E-state index contributed by atoms with van der Waals surface area (Å²) in [6.07, 6.45) is 5.52. The number of aromatic nitrogens is 2. The molecule has 0 radical (unpaired) electrons. The van der Waals surface area contributed by atoms with Crippen molar-refractivity contribution < 1.29 is 4.79 Å². The van der Waals surface area contributed by atoms with Gasteiger partial charge in [-0.1, -0.05) is 31.4 Å². The van der Waals surface area contributed by atoms with E-state index in [1.54, 1.807) is 11.8 Å². The first-order valence-electron chi connectivity index (χ1n) is 9.71. The lowest BCUT2D eigenvalue weighted by Crippen LogP contribution is -2.24. The number of thioether (sulfide) groups is 1. The van der Waals surface area contributed by atoms with E-state index in [0.29, 0.717) is 11.4 Å². The highest BCUT2D eigenvalue weighted by Gasteiger charge is 2.20. The fourth-order valence-electron chi connectivity index (χ4n) is 3.56. The number of benzene rings is 2. The van der Waals surface area contributed by atoms with E-state index < -0.39 is 0 Å². The van der Waals surface area contributed by atoms with Crippen molar-refractivity contribution in [3.05, 3.63) is 64.6 Å². The Morgan fingerprint density at radius 1 is 1.07 bits per heavy atom. The predicted molar refractivity (Wildman–Crippen MR) is 114 cm³/mol. The van der Waals surface area contributed by atoms with Gasteiger partial charge in [0.15, 0.2) is 0 Å². The fourth-order valence-corrected chi connectivity index (χ4v) is 4.39. The number of carbonyl (C=O) groups excluding carboxylic acids is 1. The smallest absolute Gasteiger partial charge is 0.271 e. The Morgan fingerprint density at radius 2 is 1.82 bits per heavy atom. The third kappa shape index (κ3) is 4.44. The summed E-state index contributed by atoms with van der Waals surface area (Å²) in [5.41, 5.74) is 2.72. The zero-order valence-electron chi connectivity index (χ0n) is 15.6. The molecule has 1 heterocycles. The number of H-pyrrole nitrogens is 1. The summed E-state index contributed by atoms with van der Waals surface area (Å²) >= 11 is 1.56. The van der Waals surface area contributed by atoms with Crippen LogP contribution in [0.1, 0.15) is 37.8 Å². The number of carbonyl (C=O) groups is 1. The highest BCUT2D eigenvalue weighted by Crippen LogP contribution is 2.26. The summed E-state index contributed by atoms with van der Waals surface area (Å²) in [6, 6.07) is 15.3. The molecule has 28 heavy (non-hydrogen) atoms. The molecule has 1 aromatic heterocycles. The van der Waals surface area contributed by atoms with Gasteiger partial charge in [-0.15, -0.1) is 11.8 Å². The van der Waals surface area contributed by atoms with Crippen LogP contribution in [-0.2, 0) is 10.5 Å². The van der Waals surface area contributed by atoms with Gasteiger partial charge in [-0.3, -0.25) is 9.59 Å². The van der Waals surface area contributed by atoms with Crippen LogP contribution in [0.3, 0.4) is 0 Å². The van der Waals surface area contributed by atoms with Gasteiger partial charge >= 0.3 is 0 Å². The normalized spacial score (nSPS) is 14.9. The van der Waals surface area contributed by atoms with Crippen molar-refractivity contribution in [3.8, 4) is 0 Å². The third-order valence-electron chi connectivity index (χ3n) is 5.14. The average molecular weight is 394 g/mol. The van der Waals surface area contributed by atoms with Gasteiger partial charge in [-0.05, 0) is 49.2 Å². The minimum atomic E-state index is -0.150. The maximum absolute atomic E-state index is 12.3. The van der Waals surface area contributed by atoms with E-state index >= 15 is 0 Å². The number of hydrogen-bond donors (Lipinski definition) is 2. The summed E-state index contributed by atoms with van der Waals surface area (Å²) in [5, 5.41) is 3.03. The lowest BCUT2D eigenvalue weighted by Gasteiger charge is -2.20. The molecule has 0 aliphatic heterocycles. The Bertz CT molecular complexity index is 1020. The SMILES string of the molecule is O=C(Nc1ccc(SCc2nc3ccccc3[nH]c2=O)cc1)C1CCCCC1. The topological polar surface area (TPSA) is 74.8 Å². The largest absolute Gasteiger partial charge is 0.326 e. The predicted octanol–water partition coefficient (Wildman–Crippen LogP) is 4.73. The van der Waals surface area contributed by atoms with Crippen molar-refractivity contribution in [3.63, 3.8) is 0 Å². The molecule has 0 spiro atoms. The molecule has 144 valence electrons. The standard InChI is InChI=1S/C22H23N3O2S/c26-21(15-6-2-1-3-7-15)23-16-10-12-17(13-11-16)28-14-20-22(27)25-19-9-5-4-8-18(19)24-20/h4-5,8-13,15H,1-3,6-7,14H2,(H,23,26)(H,25,27). The van der Waals surface area contributed by atoms with Gasteiger partial charge in [0.25, 0.3) is 5.56 Å². The van der Waals surface area contributed by atoms with Crippen LogP contribution in [-0.4, -0.2) is 15.9 Å². The van der Waals surface area contributed by atoms with Gasteiger partial charge in [0.1, 0.15) is 5.69 Å². The number of aromatic amines is 1. The molecule has 1 amide bonds. The Morgan fingerprint density at radius 3 is 2.61 bits per heavy atom. The van der Waals surface area contributed by atoms with Gasteiger partial charge < -0.3 is 10.3 Å². The first kappa shape index (κ1) is 18.7. The molecule has 6 heteroatoms. The van der Waals surface area contributed by atoms with E-state index in [9.17, 15) is 9.59 Å². The number of nitrogens with zero attached hydrogens (tertiary/aromatic N) is 1. The molecule has 2 N–H and O–H groups in total. The Labute approximate surface area is 168 Å². The summed E-state index contributed by atoms with van der Waals surface area (Å²) in [6.45, 7) is 0. The van der Waals surface area contributed by atoms with Crippen LogP contribution in [0.4, 0.5) is 5.69 Å². The van der Waals surface area contributed by atoms with Crippen molar-refractivity contribution in [1.29, 1.82) is 0 Å². The monoisotopic (exact) mass is 393 g/mol. The van der Waals surface area contributed by atoms with Gasteiger partial charge in [0, 0.05) is 22.3 Å². The molecular formula is C22H23N3O2S. The Balaban J connectivity index is 1.37. The number of amides is 1. The molecule has 1 aliphatic rings. The quantitative estimate of drug-likeness (QED) is 0.614. The highest BCUT2D eigenvalue weighted by atomic mass is 32.2. The lowest BCUT2D eigenvalue weighted by atomic mass is 9.88. The zero-order valence-corrected chi connectivity index (χ0v) is 16.4. The second-order valence-corrected chi connectivity index (χ2v) is 8.22. The van der Waals surface area contributed by atoms with Gasteiger partial charge in [0.2, 0.25) is 5.91 Å². The fraction of sp³-hybridized carbons (Fsp3) is 0.318. The van der Waals surface area contributed by atoms with Gasteiger partial charge in [-0.2, -0.15) is 0 Å². The molecule has 2 aromatic carbocycles. The van der Waals surface area contributed by atoms with Crippen LogP contribution in [0.2, 0.25) is 0 Å². The number of hydrogen-bond acceptors (Lipinski definition) is 4. The maximum atomic E-state index is 12.3. The highest BCUT2D eigenvalue weighted by molar-refractivity contribution is 7.98. The minimum Gasteiger partial charge on any atom is -0.326 e. The summed E-state index contributed by atoms with van der Waals surface area (Å²) in [7, 11) is 0. The molecule has 3 aromatic rings. The first-order chi connectivity index (χ1) is 13.7. The van der Waals surface area contributed by atoms with Crippen molar-refractivity contribution in [1.82, 2.24) is 9.97 Å². The molecule has 1 saturated carbocycles. The molecule has 0 bridgehead atoms. The summed E-state index contributed by atoms with van der Waals surface area (Å²) in [4.78, 5) is 32.9. The molecule has 1 fully saturated rings. The summed E-state index contributed by atoms with van der Waals surface area (Å²) in [5.74, 6) is 0.772. The summed E-state index contributed by atoms with van der Waals surface area (Å²) < 4.78 is 0. The van der Waals surface area contributed by atoms with E-state index in [4.69, 9.17) is 0 Å². The number of anilines is 1. The lowest BCUT2D eigenvalue weighted by molar-refractivity contribution is -0.120. The zero-order chi connectivity index (χ0) is 19.3. The van der Waals surface area contributed by atoms with Crippen molar-refractivity contribution in [2.75, 3.05) is 5.32 Å². The van der Waals surface area contributed by atoms with E-state index in [1.165, 1.54) is 6.42 Å². The molecule has 5 nitrogen and oxygen atoms in total. The van der Waals surface area contributed by atoms with Crippen molar-refractivity contribution >= 4 is 34.4 Å². The van der Waals surface area contributed by atoms with Crippen LogP contribution in [0.25, 0.3) is 11.0 Å². The second kappa shape index (κ2) is 8.61. The van der Waals surface area contributed by atoms with E-state index in [-0.39, 0.29) is 17.4 Å². The van der Waals surface area contributed by atoms with Crippen LogP contribution in [0.5, 0.6) is 0 Å². The molecular weight excluding hydrogens is 370 g/mol. The number of nitrogens with one attached hydrogen (secondary N) is 2. The van der Waals surface area contributed by atoms with Crippen LogP contribution in [0.15, 0.2) is 58.2 Å². The average Bonchev–Trinajstić information content (AvgIpc) is 2.74. The van der Waals surface area contributed by atoms with Crippen LogP contribution in [0, 0.1) is 5.92 Å². The van der Waals surface area contributed by atoms with Crippen molar-refractivity contribution in [2.45, 2.75) is 42.8 Å². The molecule has 1 aliphatic carbocycles. The number of rotatable bonds is 5. The van der Waals surface area contributed by atoms with Crippen LogP contribution < -0.4 is 10.9 Å². The molecule has 0 atom stereocenters. The number of para-hydroxylation sites is 2. The van der Waals surface area contributed by atoms with Gasteiger partial charge in [-0.25, -0.2) is 4.98 Å². The van der Waals surface area contributed by atoms with Crippen molar-refractivity contribution in [2.24, 2.45) is 5.92 Å². The first-order valence-corrected chi connectivity index (χ1v) is 10.7. The van der Waals surface area contributed by atoms with E-state index in [1.807, 2.05) is 48.5 Å². The minimum absolute atomic E-state index is 0.131. The Hall–Kier alpha value is -2.60. The number of fused-ring (bicyclic) bond motifs is 1.